The summed E-state index contributed by atoms with van der Waals surface area (Å²) in [5.74, 6) is 1.01. The number of hydrogen-bond donors (Lipinski definition) is 0. The highest BCUT2D eigenvalue weighted by Crippen LogP contribution is 2.26. The van der Waals surface area contributed by atoms with E-state index in [1.165, 1.54) is 18.0 Å². The third-order valence-corrected chi connectivity index (χ3v) is 5.21. The smallest absolute Gasteiger partial charge is 0.338 e. The van der Waals surface area contributed by atoms with E-state index in [0.29, 0.717) is 45.8 Å². The van der Waals surface area contributed by atoms with Crippen molar-refractivity contribution in [2.24, 2.45) is 5.10 Å². The van der Waals surface area contributed by atoms with Gasteiger partial charge in [-0.3, -0.25) is 4.79 Å². The number of furan rings is 1. The molecule has 0 aliphatic heterocycles. The second-order valence-electron chi connectivity index (χ2n) is 6.64. The van der Waals surface area contributed by atoms with Crippen LogP contribution >= 0.6 is 15.9 Å². The molecule has 0 saturated heterocycles. The molecule has 0 atom stereocenters. The summed E-state index contributed by atoms with van der Waals surface area (Å²) in [6, 6.07) is 15.8. The quantitative estimate of drug-likeness (QED) is 0.307. The normalized spacial score (nSPS) is 11.3. The van der Waals surface area contributed by atoms with E-state index < -0.39 is 5.97 Å². The van der Waals surface area contributed by atoms with Gasteiger partial charge in [0.2, 0.25) is 0 Å². The van der Waals surface area contributed by atoms with E-state index in [1.54, 1.807) is 42.5 Å². The molecule has 8 heteroatoms. The number of ether oxygens (including phenoxy) is 1. The van der Waals surface area contributed by atoms with Crippen molar-refractivity contribution < 1.29 is 13.9 Å². The van der Waals surface area contributed by atoms with Gasteiger partial charge in [0, 0.05) is 16.5 Å². The number of fused-ring (bicyclic) bond motifs is 1. The number of esters is 1. The van der Waals surface area contributed by atoms with E-state index in [1.807, 2.05) is 19.1 Å². The molecule has 0 fully saturated rings. The van der Waals surface area contributed by atoms with Gasteiger partial charge in [-0.1, -0.05) is 41.1 Å². The second kappa shape index (κ2) is 8.69. The molecule has 0 spiro atoms. The predicted octanol–water partition coefficient (Wildman–Crippen LogP) is 4.65. The maximum Gasteiger partial charge on any atom is 0.338 e. The summed E-state index contributed by atoms with van der Waals surface area (Å²) in [5, 5.41) is 4.79. The van der Waals surface area contributed by atoms with E-state index in [9.17, 15) is 9.59 Å². The van der Waals surface area contributed by atoms with Crippen LogP contribution in [0.25, 0.3) is 22.2 Å². The molecule has 0 aliphatic carbocycles. The minimum atomic E-state index is -0.449. The van der Waals surface area contributed by atoms with Crippen molar-refractivity contribution >= 4 is 39.0 Å². The lowest BCUT2D eigenvalue weighted by Crippen LogP contribution is -2.22. The van der Waals surface area contributed by atoms with Gasteiger partial charge in [0.1, 0.15) is 17.3 Å². The van der Waals surface area contributed by atoms with Crippen molar-refractivity contribution in [3.63, 3.8) is 0 Å². The third-order valence-electron chi connectivity index (χ3n) is 4.72. The van der Waals surface area contributed by atoms with Crippen LogP contribution in [0.5, 0.6) is 0 Å². The molecule has 31 heavy (non-hydrogen) atoms. The zero-order valence-electron chi connectivity index (χ0n) is 16.8. The highest BCUT2D eigenvalue weighted by molar-refractivity contribution is 9.10. The molecule has 2 aromatic heterocycles. The first-order chi connectivity index (χ1) is 15.0. The summed E-state index contributed by atoms with van der Waals surface area (Å²) in [4.78, 5) is 29.5. The predicted molar refractivity (Wildman–Crippen MR) is 122 cm³/mol. The van der Waals surface area contributed by atoms with Gasteiger partial charge in [0.05, 0.1) is 29.8 Å². The Morgan fingerprint density at radius 2 is 2.03 bits per heavy atom. The number of carbonyl (C=O) groups excluding carboxylic acids is 1. The minimum absolute atomic E-state index is 0.262. The molecule has 0 N–H and O–H groups in total. The summed E-state index contributed by atoms with van der Waals surface area (Å²) in [7, 11) is 1.33. The fourth-order valence-corrected chi connectivity index (χ4v) is 3.57. The van der Waals surface area contributed by atoms with Crippen LogP contribution in [0.2, 0.25) is 0 Å². The van der Waals surface area contributed by atoms with E-state index in [0.717, 1.165) is 4.47 Å². The van der Waals surface area contributed by atoms with E-state index in [-0.39, 0.29) is 5.56 Å². The second-order valence-corrected chi connectivity index (χ2v) is 7.56. The Bertz CT molecular complexity index is 1370. The molecular weight excluding hydrogens is 462 g/mol. The lowest BCUT2D eigenvalue weighted by atomic mass is 10.1. The Morgan fingerprint density at radius 1 is 1.23 bits per heavy atom. The Balaban J connectivity index is 1.72. The van der Waals surface area contributed by atoms with E-state index >= 15 is 0 Å². The van der Waals surface area contributed by atoms with Crippen molar-refractivity contribution in [2.75, 3.05) is 7.11 Å². The number of methoxy groups -OCH3 is 1. The van der Waals surface area contributed by atoms with Crippen LogP contribution in [0, 0.1) is 0 Å². The Kier molecular flexibility index (Phi) is 5.81. The van der Waals surface area contributed by atoms with Crippen LogP contribution in [-0.2, 0) is 11.2 Å². The van der Waals surface area contributed by atoms with Crippen molar-refractivity contribution in [1.82, 2.24) is 9.66 Å². The topological polar surface area (TPSA) is 86.7 Å². The maximum absolute atomic E-state index is 13.0. The van der Waals surface area contributed by atoms with Crippen molar-refractivity contribution in [3.8, 4) is 11.3 Å². The van der Waals surface area contributed by atoms with Gasteiger partial charge in [-0.15, -0.1) is 0 Å². The summed E-state index contributed by atoms with van der Waals surface area (Å²) < 4.78 is 12.8. The molecular formula is C23H18BrN3O4. The van der Waals surface area contributed by atoms with Crippen molar-refractivity contribution in [2.45, 2.75) is 13.3 Å². The molecule has 0 aliphatic rings. The number of aryl methyl sites for hydroxylation is 1. The molecule has 2 heterocycles. The first kappa shape index (κ1) is 20.7. The third kappa shape index (κ3) is 4.06. The van der Waals surface area contributed by atoms with Crippen LogP contribution < -0.4 is 5.56 Å². The van der Waals surface area contributed by atoms with Crippen LogP contribution in [0.3, 0.4) is 0 Å². The number of rotatable bonds is 5. The summed E-state index contributed by atoms with van der Waals surface area (Å²) in [5.41, 5.74) is 1.37. The van der Waals surface area contributed by atoms with Crippen molar-refractivity contribution in [1.29, 1.82) is 0 Å². The van der Waals surface area contributed by atoms with Gasteiger partial charge < -0.3 is 9.15 Å². The monoisotopic (exact) mass is 479 g/mol. The van der Waals surface area contributed by atoms with E-state index in [4.69, 9.17) is 9.15 Å². The zero-order chi connectivity index (χ0) is 22.0. The molecule has 7 nitrogen and oxygen atoms in total. The van der Waals surface area contributed by atoms with Gasteiger partial charge in [0.15, 0.2) is 0 Å². The van der Waals surface area contributed by atoms with E-state index in [2.05, 4.69) is 26.0 Å². The fraction of sp³-hybridized carbons (Fsp3) is 0.130. The first-order valence-electron chi connectivity index (χ1n) is 9.55. The van der Waals surface area contributed by atoms with Gasteiger partial charge in [-0.05, 0) is 36.4 Å². The Morgan fingerprint density at radius 3 is 2.81 bits per heavy atom. The van der Waals surface area contributed by atoms with Gasteiger partial charge >= 0.3 is 5.97 Å². The van der Waals surface area contributed by atoms with Crippen molar-refractivity contribution in [3.05, 3.63) is 86.6 Å². The lowest BCUT2D eigenvalue weighted by molar-refractivity contribution is 0.0601. The SMILES string of the molecule is CCc1nc2ccc(Br)cc2c(=O)n1N=Cc1ccc(-c2ccccc2C(=O)OC)o1. The number of carbonyl (C=O) groups is 1. The maximum atomic E-state index is 13.0. The van der Waals surface area contributed by atoms with Crippen LogP contribution in [0.4, 0.5) is 0 Å². The minimum Gasteiger partial charge on any atom is -0.465 e. The Hall–Kier alpha value is -3.52. The lowest BCUT2D eigenvalue weighted by Gasteiger charge is -2.07. The molecule has 156 valence electrons. The summed E-state index contributed by atoms with van der Waals surface area (Å²) in [6.45, 7) is 1.91. The molecule has 0 saturated carbocycles. The largest absolute Gasteiger partial charge is 0.465 e. The molecule has 0 radical (unpaired) electrons. The van der Waals surface area contributed by atoms with Gasteiger partial charge in [-0.25, -0.2) is 9.78 Å². The number of halogens is 1. The number of aromatic nitrogens is 2. The summed E-state index contributed by atoms with van der Waals surface area (Å²) >= 11 is 3.39. The zero-order valence-corrected chi connectivity index (χ0v) is 18.4. The highest BCUT2D eigenvalue weighted by atomic mass is 79.9. The van der Waals surface area contributed by atoms with Crippen LogP contribution in [-0.4, -0.2) is 29.0 Å². The molecule has 0 bridgehead atoms. The molecule has 2 aromatic carbocycles. The fourth-order valence-electron chi connectivity index (χ4n) is 3.21. The highest BCUT2D eigenvalue weighted by Gasteiger charge is 2.15. The number of benzene rings is 2. The Labute approximate surface area is 186 Å². The molecule has 4 rings (SSSR count). The average Bonchev–Trinajstić information content (AvgIpc) is 3.27. The molecule has 4 aromatic rings. The van der Waals surface area contributed by atoms with Gasteiger partial charge in [0.25, 0.3) is 5.56 Å². The first-order valence-corrected chi connectivity index (χ1v) is 10.3. The number of nitrogens with zero attached hydrogens (tertiary/aromatic N) is 3. The van der Waals surface area contributed by atoms with Crippen LogP contribution in [0.1, 0.15) is 28.9 Å². The number of hydrogen-bond acceptors (Lipinski definition) is 6. The van der Waals surface area contributed by atoms with Crippen LogP contribution in [0.15, 0.2) is 73.4 Å². The molecule has 0 unspecified atom stereocenters. The van der Waals surface area contributed by atoms with Gasteiger partial charge in [-0.2, -0.15) is 9.78 Å². The standard InChI is InChI=1S/C23H18BrN3O4/c1-3-21-26-19-10-8-14(24)12-18(19)22(28)27(21)25-13-15-9-11-20(31-15)16-6-4-5-7-17(16)23(29)30-2/h4-13H,3H2,1-2H3. The summed E-state index contributed by atoms with van der Waals surface area (Å²) in [6.07, 6.45) is 1.99. The average molecular weight is 480 g/mol. The molecule has 0 amide bonds.